The van der Waals surface area contributed by atoms with Gasteiger partial charge in [0.2, 0.25) is 0 Å². The molecule has 0 spiro atoms. The van der Waals surface area contributed by atoms with Crippen LogP contribution < -0.4 is 0 Å². The van der Waals surface area contributed by atoms with Crippen LogP contribution in [0.2, 0.25) is 19.6 Å². The smallest absolute Gasteiger partial charge is 0.183 e. The van der Waals surface area contributed by atoms with E-state index in [2.05, 4.69) is 26.2 Å². The van der Waals surface area contributed by atoms with E-state index < -0.39 is 8.32 Å². The Morgan fingerprint density at radius 1 is 1.23 bits per heavy atom. The Labute approximate surface area is 91.8 Å². The Morgan fingerprint density at radius 3 is 2.46 bits per heavy atom. The summed E-state index contributed by atoms with van der Waals surface area (Å²) in [6.07, 6.45) is 0. The van der Waals surface area contributed by atoms with E-state index in [4.69, 9.17) is 4.43 Å². The van der Waals surface area contributed by atoms with E-state index in [0.717, 1.165) is 12.4 Å². The topological polar surface area (TPSA) is 9.23 Å². The highest BCUT2D eigenvalue weighted by Crippen LogP contribution is 2.08. The van der Waals surface area contributed by atoms with Gasteiger partial charge in [0.25, 0.3) is 0 Å². The molecule has 0 aromatic carbocycles. The van der Waals surface area contributed by atoms with Crippen LogP contribution in [0.4, 0.5) is 0 Å². The quantitative estimate of drug-likeness (QED) is 0.472. The highest BCUT2D eigenvalue weighted by molar-refractivity contribution is 8.04. The third-order valence-electron chi connectivity index (χ3n) is 1.23. The summed E-state index contributed by atoms with van der Waals surface area (Å²) in [5.74, 6) is 3.49. The van der Waals surface area contributed by atoms with Gasteiger partial charge in [-0.15, -0.1) is 11.8 Å². The fourth-order valence-electron chi connectivity index (χ4n) is 0.699. The van der Waals surface area contributed by atoms with Crippen molar-refractivity contribution in [3.05, 3.63) is 12.0 Å². The third kappa shape index (κ3) is 12.6. The molecular weight excluding hydrogens is 216 g/mol. The van der Waals surface area contributed by atoms with Crippen molar-refractivity contribution in [1.82, 2.24) is 0 Å². The molecule has 0 saturated carbocycles. The summed E-state index contributed by atoms with van der Waals surface area (Å²) >= 11 is 3.75. The SMILES string of the molecule is C=CSCCSCCO[Si](C)(C)C. The van der Waals surface area contributed by atoms with Crippen molar-refractivity contribution < 1.29 is 4.43 Å². The standard InChI is InChI=1S/C9H20OS2Si/c1-5-11-8-9-12-7-6-10-13(2,3)4/h5H,1,6-9H2,2-4H3. The molecule has 0 bridgehead atoms. The molecule has 0 aliphatic rings. The number of hydrogen-bond acceptors (Lipinski definition) is 3. The van der Waals surface area contributed by atoms with Gasteiger partial charge in [0.05, 0.1) is 0 Å². The molecule has 0 unspecified atom stereocenters. The Morgan fingerprint density at radius 2 is 1.92 bits per heavy atom. The van der Waals surface area contributed by atoms with E-state index in [0.29, 0.717) is 0 Å². The predicted octanol–water partition coefficient (Wildman–Crippen LogP) is 3.45. The molecule has 13 heavy (non-hydrogen) atoms. The third-order valence-corrected chi connectivity index (χ3v) is 4.18. The molecule has 0 aromatic rings. The van der Waals surface area contributed by atoms with Crippen LogP contribution in [0.5, 0.6) is 0 Å². The molecule has 0 aliphatic carbocycles. The van der Waals surface area contributed by atoms with Gasteiger partial charge in [0.1, 0.15) is 0 Å². The van der Waals surface area contributed by atoms with Crippen LogP contribution >= 0.6 is 23.5 Å². The molecule has 0 fully saturated rings. The zero-order valence-electron chi connectivity index (χ0n) is 8.84. The monoisotopic (exact) mass is 236 g/mol. The van der Waals surface area contributed by atoms with Crippen LogP contribution in [0, 0.1) is 0 Å². The summed E-state index contributed by atoms with van der Waals surface area (Å²) in [5.41, 5.74) is 0. The van der Waals surface area contributed by atoms with Gasteiger partial charge in [-0.25, -0.2) is 0 Å². The lowest BCUT2D eigenvalue weighted by molar-refractivity contribution is 0.338. The first-order valence-corrected chi connectivity index (χ1v) is 10.1. The second-order valence-electron chi connectivity index (χ2n) is 3.61. The normalized spacial score (nSPS) is 11.6. The molecule has 0 aliphatic heterocycles. The van der Waals surface area contributed by atoms with Crippen LogP contribution in [-0.2, 0) is 4.43 Å². The van der Waals surface area contributed by atoms with Crippen LogP contribution in [0.1, 0.15) is 0 Å². The minimum absolute atomic E-state index is 0.916. The molecule has 0 radical (unpaired) electrons. The summed E-state index contributed by atoms with van der Waals surface area (Å²) in [6.45, 7) is 11.3. The van der Waals surface area contributed by atoms with Crippen molar-refractivity contribution in [3.63, 3.8) is 0 Å². The lowest BCUT2D eigenvalue weighted by Gasteiger charge is -2.16. The van der Waals surface area contributed by atoms with Gasteiger partial charge in [-0.05, 0) is 25.0 Å². The molecule has 78 valence electrons. The molecule has 0 heterocycles. The number of thioether (sulfide) groups is 2. The van der Waals surface area contributed by atoms with Crippen molar-refractivity contribution in [2.45, 2.75) is 19.6 Å². The summed E-state index contributed by atoms with van der Waals surface area (Å²) in [5, 5.41) is 1.90. The molecule has 0 atom stereocenters. The maximum absolute atomic E-state index is 5.73. The van der Waals surface area contributed by atoms with Gasteiger partial charge in [0, 0.05) is 23.9 Å². The maximum atomic E-state index is 5.73. The van der Waals surface area contributed by atoms with Crippen molar-refractivity contribution in [1.29, 1.82) is 0 Å². The van der Waals surface area contributed by atoms with Crippen molar-refractivity contribution in [3.8, 4) is 0 Å². The van der Waals surface area contributed by atoms with E-state index in [1.54, 1.807) is 11.8 Å². The van der Waals surface area contributed by atoms with Crippen LogP contribution in [0.3, 0.4) is 0 Å². The second kappa shape index (κ2) is 7.97. The van der Waals surface area contributed by atoms with Gasteiger partial charge < -0.3 is 4.43 Å². The van der Waals surface area contributed by atoms with Crippen LogP contribution in [-0.4, -0.2) is 32.2 Å². The lowest BCUT2D eigenvalue weighted by atomic mass is 10.9. The van der Waals surface area contributed by atoms with E-state index in [-0.39, 0.29) is 0 Å². The fraction of sp³-hybridized carbons (Fsp3) is 0.778. The minimum Gasteiger partial charge on any atom is -0.417 e. The summed E-state index contributed by atoms with van der Waals surface area (Å²) < 4.78 is 5.73. The molecule has 1 nitrogen and oxygen atoms in total. The van der Waals surface area contributed by atoms with Crippen LogP contribution in [0.25, 0.3) is 0 Å². The zero-order chi connectivity index (χ0) is 10.2. The van der Waals surface area contributed by atoms with Crippen molar-refractivity contribution >= 4 is 31.8 Å². The Balaban J connectivity index is 3.04. The first-order valence-electron chi connectivity index (χ1n) is 4.50. The molecule has 4 heteroatoms. The maximum Gasteiger partial charge on any atom is 0.183 e. The van der Waals surface area contributed by atoms with Gasteiger partial charge in [-0.1, -0.05) is 6.58 Å². The molecular formula is C9H20OS2Si. The average molecular weight is 236 g/mol. The van der Waals surface area contributed by atoms with Gasteiger partial charge >= 0.3 is 0 Å². The summed E-state index contributed by atoms with van der Waals surface area (Å²) in [7, 11) is -1.27. The zero-order valence-corrected chi connectivity index (χ0v) is 11.5. The van der Waals surface area contributed by atoms with Crippen LogP contribution in [0.15, 0.2) is 12.0 Å². The summed E-state index contributed by atoms with van der Waals surface area (Å²) in [4.78, 5) is 0. The second-order valence-corrected chi connectivity index (χ2v) is 10.4. The number of rotatable bonds is 8. The molecule has 0 saturated heterocycles. The highest BCUT2D eigenvalue weighted by atomic mass is 32.2. The largest absolute Gasteiger partial charge is 0.417 e. The summed E-state index contributed by atoms with van der Waals surface area (Å²) in [6, 6.07) is 0. The lowest BCUT2D eigenvalue weighted by Crippen LogP contribution is -2.26. The van der Waals surface area contributed by atoms with Gasteiger partial charge in [0.15, 0.2) is 8.32 Å². The predicted molar refractivity (Wildman–Crippen MR) is 69.3 cm³/mol. The Bertz CT molecular complexity index is 134. The average Bonchev–Trinajstić information content (AvgIpc) is 2.01. The van der Waals surface area contributed by atoms with Gasteiger partial charge in [-0.3, -0.25) is 0 Å². The van der Waals surface area contributed by atoms with Gasteiger partial charge in [-0.2, -0.15) is 11.8 Å². The van der Waals surface area contributed by atoms with E-state index >= 15 is 0 Å². The molecule has 0 aromatic heterocycles. The molecule has 0 rings (SSSR count). The van der Waals surface area contributed by atoms with E-state index in [1.807, 2.05) is 17.2 Å². The number of hydrogen-bond donors (Lipinski definition) is 0. The van der Waals surface area contributed by atoms with E-state index in [1.165, 1.54) is 11.5 Å². The highest BCUT2D eigenvalue weighted by Gasteiger charge is 2.12. The van der Waals surface area contributed by atoms with E-state index in [9.17, 15) is 0 Å². The Hall–Kier alpha value is 0.617. The molecule has 0 N–H and O–H groups in total. The Kier molecular flexibility index (Phi) is 8.35. The minimum atomic E-state index is -1.27. The van der Waals surface area contributed by atoms with Crippen molar-refractivity contribution in [2.24, 2.45) is 0 Å². The molecule has 0 amide bonds. The first kappa shape index (κ1) is 13.6. The fourth-order valence-corrected chi connectivity index (χ4v) is 2.99. The van der Waals surface area contributed by atoms with Crippen molar-refractivity contribution in [2.75, 3.05) is 23.9 Å². The first-order chi connectivity index (χ1) is 6.06.